The van der Waals surface area contributed by atoms with Gasteiger partial charge in [0.15, 0.2) is 29.1 Å². The van der Waals surface area contributed by atoms with Crippen LogP contribution in [0.5, 0.6) is 5.75 Å². The molecule has 0 bridgehead atoms. The lowest BCUT2D eigenvalue weighted by Gasteiger charge is -2.19. The van der Waals surface area contributed by atoms with Gasteiger partial charge in [0, 0.05) is 28.8 Å². The molecular formula is C30H21F9O. The fourth-order valence-electron chi connectivity index (χ4n) is 4.22. The predicted molar refractivity (Wildman–Crippen MR) is 131 cm³/mol. The van der Waals surface area contributed by atoms with Gasteiger partial charge in [0.25, 0.3) is 0 Å². The van der Waals surface area contributed by atoms with Crippen molar-refractivity contribution in [1.29, 1.82) is 0 Å². The lowest BCUT2D eigenvalue weighted by Crippen LogP contribution is -2.26. The van der Waals surface area contributed by atoms with Gasteiger partial charge in [0.2, 0.25) is 0 Å². The van der Waals surface area contributed by atoms with Gasteiger partial charge >= 0.3 is 6.11 Å². The van der Waals surface area contributed by atoms with Crippen LogP contribution in [0.25, 0.3) is 22.3 Å². The van der Waals surface area contributed by atoms with Crippen LogP contribution in [0.2, 0.25) is 0 Å². The molecule has 0 amide bonds. The summed E-state index contributed by atoms with van der Waals surface area (Å²) < 4.78 is 132. The Hall–Kier alpha value is -3.95. The van der Waals surface area contributed by atoms with Crippen molar-refractivity contribution in [2.24, 2.45) is 0 Å². The normalized spacial score (nSPS) is 11.7. The highest BCUT2D eigenvalue weighted by atomic mass is 19.3. The van der Waals surface area contributed by atoms with E-state index in [-0.39, 0.29) is 23.3 Å². The highest BCUT2D eigenvalue weighted by Gasteiger charge is 2.33. The zero-order valence-corrected chi connectivity index (χ0v) is 20.9. The van der Waals surface area contributed by atoms with Gasteiger partial charge in [0.1, 0.15) is 17.4 Å². The third kappa shape index (κ3) is 6.26. The van der Waals surface area contributed by atoms with E-state index in [1.54, 1.807) is 24.3 Å². The summed E-state index contributed by atoms with van der Waals surface area (Å²) in [5.74, 6) is -11.6. The van der Waals surface area contributed by atoms with E-state index >= 15 is 0 Å². The Labute approximate surface area is 223 Å². The standard InChI is InChI=1S/C30H21F9O/c1-2-3-16-4-6-17(7-5-16)20-8-9-21(28(36)27(20)35)18-12-23(31)22(24(32)13-18)10-11-30(38,39)40-19-14-25(33)29(37)26(34)15-19/h4-9,12-15H,2-3,10-11H2,1H3. The fraction of sp³-hybridized carbons (Fsp3) is 0.200. The van der Waals surface area contributed by atoms with E-state index in [1.807, 2.05) is 6.92 Å². The van der Waals surface area contributed by atoms with Crippen LogP contribution >= 0.6 is 0 Å². The van der Waals surface area contributed by atoms with Crippen molar-refractivity contribution in [3.05, 3.63) is 113 Å². The van der Waals surface area contributed by atoms with Crippen molar-refractivity contribution in [2.75, 3.05) is 0 Å². The van der Waals surface area contributed by atoms with Crippen LogP contribution in [0.15, 0.2) is 60.7 Å². The molecule has 0 heterocycles. The Morgan fingerprint density at radius 1 is 0.600 bits per heavy atom. The van der Waals surface area contributed by atoms with E-state index < -0.39 is 76.5 Å². The molecule has 210 valence electrons. The predicted octanol–water partition coefficient (Wildman–Crippen LogP) is 9.55. The minimum Gasteiger partial charge on any atom is -0.432 e. The summed E-state index contributed by atoms with van der Waals surface area (Å²) in [6, 6.07) is 11.0. The second-order valence-corrected chi connectivity index (χ2v) is 9.09. The minimum atomic E-state index is -4.14. The number of rotatable bonds is 9. The summed E-state index contributed by atoms with van der Waals surface area (Å²) in [7, 11) is 0. The second-order valence-electron chi connectivity index (χ2n) is 9.09. The molecule has 0 aromatic heterocycles. The van der Waals surface area contributed by atoms with E-state index in [4.69, 9.17) is 0 Å². The number of alkyl halides is 2. The van der Waals surface area contributed by atoms with Crippen LogP contribution < -0.4 is 4.74 Å². The number of ether oxygens (including phenoxy) is 1. The summed E-state index contributed by atoms with van der Waals surface area (Å²) in [5, 5.41) is 0. The topological polar surface area (TPSA) is 9.23 Å². The van der Waals surface area contributed by atoms with Gasteiger partial charge in [-0.2, -0.15) is 8.78 Å². The molecule has 4 aromatic carbocycles. The zero-order valence-electron chi connectivity index (χ0n) is 20.9. The Balaban J connectivity index is 1.53. The number of hydrogen-bond donors (Lipinski definition) is 0. The summed E-state index contributed by atoms with van der Waals surface area (Å²) in [4.78, 5) is 0. The highest BCUT2D eigenvalue weighted by Crippen LogP contribution is 2.34. The maximum absolute atomic E-state index is 15.0. The minimum absolute atomic E-state index is 0.0509. The van der Waals surface area contributed by atoms with Gasteiger partial charge in [-0.1, -0.05) is 49.7 Å². The molecule has 0 aliphatic heterocycles. The number of halogens is 9. The van der Waals surface area contributed by atoms with E-state index in [0.717, 1.165) is 24.5 Å². The number of hydrogen-bond acceptors (Lipinski definition) is 1. The summed E-state index contributed by atoms with van der Waals surface area (Å²) in [5.41, 5.74) is -0.220. The van der Waals surface area contributed by atoms with E-state index in [1.165, 1.54) is 6.07 Å². The molecule has 0 atom stereocenters. The zero-order chi connectivity index (χ0) is 29.2. The first-order valence-corrected chi connectivity index (χ1v) is 12.2. The first-order chi connectivity index (χ1) is 18.9. The first kappa shape index (κ1) is 29.0. The maximum atomic E-state index is 15.0. The van der Waals surface area contributed by atoms with Crippen LogP contribution in [0.4, 0.5) is 39.5 Å². The molecule has 0 fully saturated rings. The number of benzene rings is 4. The van der Waals surface area contributed by atoms with Crippen LogP contribution in [-0.2, 0) is 12.8 Å². The molecular weight excluding hydrogens is 547 g/mol. The molecule has 4 rings (SSSR count). The Bertz CT molecular complexity index is 1490. The summed E-state index contributed by atoms with van der Waals surface area (Å²) >= 11 is 0. The molecule has 4 aromatic rings. The summed E-state index contributed by atoms with van der Waals surface area (Å²) in [6.45, 7) is 2.01. The van der Waals surface area contributed by atoms with Gasteiger partial charge in [-0.15, -0.1) is 0 Å². The van der Waals surface area contributed by atoms with Gasteiger partial charge in [-0.3, -0.25) is 0 Å². The average Bonchev–Trinajstić information content (AvgIpc) is 2.88. The monoisotopic (exact) mass is 568 g/mol. The lowest BCUT2D eigenvalue weighted by atomic mass is 9.96. The third-order valence-electron chi connectivity index (χ3n) is 6.23. The fourth-order valence-corrected chi connectivity index (χ4v) is 4.22. The van der Waals surface area contributed by atoms with Crippen molar-refractivity contribution in [2.45, 2.75) is 38.7 Å². The van der Waals surface area contributed by atoms with Crippen LogP contribution in [0.3, 0.4) is 0 Å². The lowest BCUT2D eigenvalue weighted by molar-refractivity contribution is -0.180. The molecule has 0 saturated carbocycles. The Kier molecular flexibility index (Phi) is 8.46. The van der Waals surface area contributed by atoms with Gasteiger partial charge in [-0.05, 0) is 41.7 Å². The quantitative estimate of drug-likeness (QED) is 0.144. The van der Waals surface area contributed by atoms with Gasteiger partial charge in [0.05, 0.1) is 6.42 Å². The molecule has 0 unspecified atom stereocenters. The SMILES string of the molecule is CCCc1ccc(-c2ccc(-c3cc(F)c(CCC(F)(F)Oc4cc(F)c(F)c(F)c4)c(F)c3)c(F)c2F)cc1. The van der Waals surface area contributed by atoms with Crippen molar-refractivity contribution in [3.63, 3.8) is 0 Å². The molecule has 0 saturated heterocycles. The van der Waals surface area contributed by atoms with Crippen molar-refractivity contribution in [1.82, 2.24) is 0 Å². The molecule has 0 spiro atoms. The van der Waals surface area contributed by atoms with E-state index in [9.17, 15) is 39.5 Å². The Morgan fingerprint density at radius 2 is 1.12 bits per heavy atom. The average molecular weight is 568 g/mol. The van der Waals surface area contributed by atoms with E-state index in [0.29, 0.717) is 17.7 Å². The van der Waals surface area contributed by atoms with Crippen LogP contribution in [-0.4, -0.2) is 6.11 Å². The largest absolute Gasteiger partial charge is 0.432 e. The van der Waals surface area contributed by atoms with Crippen molar-refractivity contribution >= 4 is 0 Å². The first-order valence-electron chi connectivity index (χ1n) is 12.2. The maximum Gasteiger partial charge on any atom is 0.398 e. The molecule has 1 nitrogen and oxygen atoms in total. The number of aryl methyl sites for hydroxylation is 1. The van der Waals surface area contributed by atoms with Gasteiger partial charge in [-0.25, -0.2) is 30.7 Å². The van der Waals surface area contributed by atoms with Crippen LogP contribution in [0, 0.1) is 40.7 Å². The van der Waals surface area contributed by atoms with Crippen molar-refractivity contribution in [3.8, 4) is 28.0 Å². The molecule has 0 aliphatic carbocycles. The smallest absolute Gasteiger partial charge is 0.398 e. The highest BCUT2D eigenvalue weighted by molar-refractivity contribution is 5.72. The van der Waals surface area contributed by atoms with Gasteiger partial charge < -0.3 is 4.74 Å². The molecule has 0 aliphatic rings. The Morgan fingerprint density at radius 3 is 1.65 bits per heavy atom. The molecule has 10 heteroatoms. The van der Waals surface area contributed by atoms with Crippen molar-refractivity contribution < 1.29 is 44.3 Å². The molecule has 40 heavy (non-hydrogen) atoms. The second kappa shape index (κ2) is 11.7. The third-order valence-corrected chi connectivity index (χ3v) is 6.23. The molecule has 0 radical (unpaired) electrons. The summed E-state index contributed by atoms with van der Waals surface area (Å²) in [6.07, 6.45) is -4.66. The molecule has 0 N–H and O–H groups in total. The van der Waals surface area contributed by atoms with Crippen LogP contribution in [0.1, 0.15) is 30.9 Å². The van der Waals surface area contributed by atoms with E-state index in [2.05, 4.69) is 4.74 Å².